The number of carbonyl (C=O) groups is 1. The second kappa shape index (κ2) is 7.79. The van der Waals surface area contributed by atoms with Crippen LogP contribution in [0.5, 0.6) is 5.75 Å². The summed E-state index contributed by atoms with van der Waals surface area (Å²) in [4.78, 5) is 22.4. The van der Waals surface area contributed by atoms with Crippen LogP contribution in [0.25, 0.3) is 0 Å². The molecule has 11 heteroatoms. The van der Waals surface area contributed by atoms with Gasteiger partial charge >= 0.3 is 5.97 Å². The number of nitrogens with zero attached hydrogens (tertiary/aromatic N) is 2. The Labute approximate surface area is 164 Å². The summed E-state index contributed by atoms with van der Waals surface area (Å²) in [7, 11) is -2.64. The van der Waals surface area contributed by atoms with E-state index in [0.29, 0.717) is 0 Å². The van der Waals surface area contributed by atoms with E-state index in [-0.39, 0.29) is 37.8 Å². The Morgan fingerprint density at radius 2 is 1.73 bits per heavy atom. The summed E-state index contributed by atoms with van der Waals surface area (Å²) in [6.45, 7) is 0. The number of esters is 1. The van der Waals surface area contributed by atoms with Gasteiger partial charge < -0.3 is 4.74 Å². The first kappa shape index (κ1) is 20.4. The maximum absolute atomic E-state index is 12.3. The first-order chi connectivity index (χ1) is 12.0. The van der Waals surface area contributed by atoms with E-state index >= 15 is 0 Å². The molecule has 0 radical (unpaired) electrons. The molecular formula is C15H11Cl3N2O5S. The predicted octanol–water partition coefficient (Wildman–Crippen LogP) is 5.13. The van der Waals surface area contributed by atoms with Crippen molar-refractivity contribution in [3.05, 3.63) is 61.1 Å². The van der Waals surface area contributed by atoms with Crippen molar-refractivity contribution in [2.75, 3.05) is 12.5 Å². The van der Waals surface area contributed by atoms with Gasteiger partial charge in [0, 0.05) is 40.4 Å². The topological polar surface area (TPSA) is 98.9 Å². The van der Waals surface area contributed by atoms with E-state index in [2.05, 4.69) is 4.36 Å². The van der Waals surface area contributed by atoms with Crippen molar-refractivity contribution >= 4 is 61.9 Å². The average molecular weight is 438 g/mol. The fourth-order valence-corrected chi connectivity index (χ4v) is 3.12. The highest BCUT2D eigenvalue weighted by Crippen LogP contribution is 2.45. The quantitative estimate of drug-likeness (QED) is 0.217. The Kier molecular flexibility index (Phi) is 6.13. The third-order valence-electron chi connectivity index (χ3n) is 2.93. The molecule has 0 spiro atoms. The van der Waals surface area contributed by atoms with Gasteiger partial charge in [0.05, 0.1) is 25.6 Å². The number of halogens is 3. The van der Waals surface area contributed by atoms with Crippen LogP contribution in [-0.2, 0) is 9.73 Å². The second-order valence-corrected chi connectivity index (χ2v) is 9.01. The lowest BCUT2D eigenvalue weighted by molar-refractivity contribution is -0.384. The van der Waals surface area contributed by atoms with Gasteiger partial charge in [-0.05, 0) is 12.1 Å². The van der Waals surface area contributed by atoms with E-state index in [0.717, 1.165) is 12.1 Å². The van der Waals surface area contributed by atoms with Crippen LogP contribution in [0.4, 0.5) is 11.4 Å². The van der Waals surface area contributed by atoms with Crippen LogP contribution in [0.3, 0.4) is 0 Å². The van der Waals surface area contributed by atoms with Crippen LogP contribution in [0.2, 0.25) is 15.1 Å². The molecule has 26 heavy (non-hydrogen) atoms. The number of nitro benzene ring substituents is 1. The van der Waals surface area contributed by atoms with Crippen LogP contribution >= 0.6 is 34.8 Å². The van der Waals surface area contributed by atoms with Crippen molar-refractivity contribution in [1.82, 2.24) is 0 Å². The molecule has 0 saturated heterocycles. The summed E-state index contributed by atoms with van der Waals surface area (Å²) >= 11 is 18.0. The van der Waals surface area contributed by atoms with Gasteiger partial charge in [0.15, 0.2) is 5.75 Å². The van der Waals surface area contributed by atoms with Gasteiger partial charge in [-0.25, -0.2) is 9.00 Å². The van der Waals surface area contributed by atoms with Crippen LogP contribution in [0.1, 0.15) is 10.4 Å². The number of ether oxygens (including phenoxy) is 1. The largest absolute Gasteiger partial charge is 0.420 e. The van der Waals surface area contributed by atoms with Crippen LogP contribution in [0.15, 0.2) is 34.7 Å². The van der Waals surface area contributed by atoms with E-state index in [1.165, 1.54) is 30.7 Å². The maximum atomic E-state index is 12.3. The minimum absolute atomic E-state index is 0.0146. The molecule has 0 unspecified atom stereocenters. The summed E-state index contributed by atoms with van der Waals surface area (Å²) in [5.41, 5.74) is -0.199. The molecule has 0 aliphatic rings. The molecule has 138 valence electrons. The molecular weight excluding hydrogens is 427 g/mol. The molecule has 2 rings (SSSR count). The second-order valence-electron chi connectivity index (χ2n) is 5.30. The first-order valence-corrected chi connectivity index (χ1v) is 10.3. The minimum atomic E-state index is -2.64. The van der Waals surface area contributed by atoms with Crippen molar-refractivity contribution in [1.29, 1.82) is 0 Å². The fourth-order valence-electron chi connectivity index (χ4n) is 1.82. The zero-order valence-corrected chi connectivity index (χ0v) is 16.4. The van der Waals surface area contributed by atoms with Gasteiger partial charge in [-0.1, -0.05) is 34.8 Å². The molecule has 0 N–H and O–H groups in total. The smallest absolute Gasteiger partial charge is 0.343 e. The van der Waals surface area contributed by atoms with E-state index in [1.807, 2.05) is 0 Å². The third-order valence-corrected chi connectivity index (χ3v) is 4.80. The Morgan fingerprint density at radius 3 is 2.23 bits per heavy atom. The molecule has 0 atom stereocenters. The molecule has 7 nitrogen and oxygen atoms in total. The molecule has 0 aliphatic heterocycles. The lowest BCUT2D eigenvalue weighted by Gasteiger charge is -2.11. The first-order valence-electron chi connectivity index (χ1n) is 6.81. The molecule has 0 aromatic heterocycles. The SMILES string of the molecule is CS(C)(=O)=Nc1c(OC(=O)c2ccc([N+](=O)[O-])cc2)cc(Cl)c(Cl)c1Cl. The highest BCUT2D eigenvalue weighted by molar-refractivity contribution is 7.92. The number of nitro groups is 1. The summed E-state index contributed by atoms with van der Waals surface area (Å²) in [6.07, 6.45) is 2.74. The van der Waals surface area contributed by atoms with Crippen molar-refractivity contribution in [2.24, 2.45) is 4.36 Å². The third kappa shape index (κ3) is 4.85. The Hall–Kier alpha value is -1.87. The molecule has 0 bridgehead atoms. The number of hydrogen-bond acceptors (Lipinski definition) is 6. The minimum Gasteiger partial charge on any atom is -0.420 e. The fraction of sp³-hybridized carbons (Fsp3) is 0.133. The maximum Gasteiger partial charge on any atom is 0.343 e. The summed E-state index contributed by atoms with van der Waals surface area (Å²) in [6, 6.07) is 6.02. The lowest BCUT2D eigenvalue weighted by Crippen LogP contribution is -2.09. The molecule has 0 heterocycles. The molecule has 0 saturated carbocycles. The highest BCUT2D eigenvalue weighted by Gasteiger charge is 2.20. The van der Waals surface area contributed by atoms with E-state index < -0.39 is 20.6 Å². The van der Waals surface area contributed by atoms with Gasteiger partial charge in [-0.3, -0.25) is 10.1 Å². The number of hydrogen-bond donors (Lipinski definition) is 0. The molecule has 2 aromatic carbocycles. The van der Waals surface area contributed by atoms with Crippen LogP contribution < -0.4 is 4.74 Å². The average Bonchev–Trinajstić information content (AvgIpc) is 2.55. The van der Waals surface area contributed by atoms with E-state index in [9.17, 15) is 19.1 Å². The number of benzene rings is 2. The van der Waals surface area contributed by atoms with Gasteiger partial charge in [0.1, 0.15) is 5.69 Å². The summed E-state index contributed by atoms with van der Waals surface area (Å²) in [5, 5.41) is 10.5. The molecule has 0 aliphatic carbocycles. The van der Waals surface area contributed by atoms with Crippen LogP contribution in [0, 0.1) is 10.1 Å². The Bertz CT molecular complexity index is 1010. The van der Waals surface area contributed by atoms with Gasteiger partial charge in [0.2, 0.25) is 0 Å². The number of rotatable bonds is 4. The zero-order valence-electron chi connectivity index (χ0n) is 13.4. The zero-order chi connectivity index (χ0) is 19.6. The monoisotopic (exact) mass is 436 g/mol. The molecule has 0 fully saturated rings. The van der Waals surface area contributed by atoms with Crippen molar-refractivity contribution in [3.8, 4) is 5.75 Å². The summed E-state index contributed by atoms with van der Waals surface area (Å²) in [5.74, 6) is -0.964. The van der Waals surface area contributed by atoms with Crippen molar-refractivity contribution < 1.29 is 18.7 Å². The van der Waals surface area contributed by atoms with Crippen molar-refractivity contribution in [3.63, 3.8) is 0 Å². The Balaban J connectivity index is 2.47. The van der Waals surface area contributed by atoms with Crippen molar-refractivity contribution in [2.45, 2.75) is 0 Å². The standard InChI is InChI=1S/C15H11Cl3N2O5S/c1-26(2,24)19-14-11(7-10(16)12(17)13(14)18)25-15(21)8-3-5-9(6-4-8)20(22)23/h3-7H,1-2H3. The predicted molar refractivity (Wildman–Crippen MR) is 102 cm³/mol. The lowest BCUT2D eigenvalue weighted by atomic mass is 10.2. The van der Waals surface area contributed by atoms with Crippen LogP contribution in [-0.4, -0.2) is 27.6 Å². The Morgan fingerprint density at radius 1 is 1.15 bits per heavy atom. The van der Waals surface area contributed by atoms with Gasteiger partial charge in [-0.15, -0.1) is 0 Å². The number of non-ortho nitro benzene ring substituents is 1. The molecule has 0 amide bonds. The summed E-state index contributed by atoms with van der Waals surface area (Å²) < 4.78 is 21.2. The normalized spacial score (nSPS) is 11.1. The highest BCUT2D eigenvalue weighted by atomic mass is 35.5. The van der Waals surface area contributed by atoms with E-state index in [1.54, 1.807) is 0 Å². The van der Waals surface area contributed by atoms with Gasteiger partial charge in [-0.2, -0.15) is 4.36 Å². The molecule has 2 aromatic rings. The van der Waals surface area contributed by atoms with E-state index in [4.69, 9.17) is 39.5 Å². The van der Waals surface area contributed by atoms with Gasteiger partial charge in [0.25, 0.3) is 5.69 Å². The number of carbonyl (C=O) groups excluding carboxylic acids is 1.